The summed E-state index contributed by atoms with van der Waals surface area (Å²) in [6.07, 6.45) is 2.33. The van der Waals surface area contributed by atoms with Gasteiger partial charge in [-0.15, -0.1) is 0 Å². The van der Waals surface area contributed by atoms with Gasteiger partial charge in [0.1, 0.15) is 5.60 Å². The van der Waals surface area contributed by atoms with E-state index < -0.39 is 11.7 Å². The zero-order valence-electron chi connectivity index (χ0n) is 13.4. The first-order chi connectivity index (χ1) is 10.3. The number of ether oxygens (including phenoxy) is 1. The molecule has 1 atom stereocenters. The lowest BCUT2D eigenvalue weighted by molar-refractivity contribution is -0.116. The monoisotopic (exact) mass is 304 g/mol. The Morgan fingerprint density at radius 1 is 1.32 bits per heavy atom. The van der Waals surface area contributed by atoms with E-state index in [2.05, 4.69) is 10.6 Å². The van der Waals surface area contributed by atoms with E-state index in [1.807, 2.05) is 45.0 Å². The predicted octanol–water partition coefficient (Wildman–Crippen LogP) is 3.24. The minimum absolute atomic E-state index is 0.0876. The van der Waals surface area contributed by atoms with E-state index >= 15 is 0 Å². The topological polar surface area (TPSA) is 67.4 Å². The second kappa shape index (κ2) is 6.81. The van der Waals surface area contributed by atoms with E-state index in [0.29, 0.717) is 0 Å². The minimum Gasteiger partial charge on any atom is -0.444 e. The van der Waals surface area contributed by atoms with E-state index in [0.717, 1.165) is 30.5 Å². The van der Waals surface area contributed by atoms with E-state index in [1.165, 1.54) is 0 Å². The number of carbonyl (C=O) groups excluding carboxylic acids is 2. The standard InChI is InChI=1S/C17H24N2O3/c1-17(2,3)22-16(21)18-13-9-6-8-12-7-4-5-10-14(12)19-15(20)11-13/h4-5,7,10,13H,6,8-9,11H2,1-3H3,(H,18,21)(H,19,20)/t13-/m0/s1. The van der Waals surface area contributed by atoms with Gasteiger partial charge in [0.25, 0.3) is 0 Å². The minimum atomic E-state index is -0.541. The van der Waals surface area contributed by atoms with E-state index in [-0.39, 0.29) is 18.4 Å². The third-order valence-electron chi connectivity index (χ3n) is 3.44. The molecule has 0 spiro atoms. The molecule has 5 heteroatoms. The third kappa shape index (κ3) is 5.06. The van der Waals surface area contributed by atoms with Crippen LogP contribution in [0.4, 0.5) is 10.5 Å². The molecule has 0 radical (unpaired) electrons. The van der Waals surface area contributed by atoms with Crippen molar-refractivity contribution >= 4 is 17.7 Å². The number of hydrogen-bond donors (Lipinski definition) is 2. The number of carbonyl (C=O) groups is 2. The quantitative estimate of drug-likeness (QED) is 0.837. The van der Waals surface area contributed by atoms with Crippen LogP contribution < -0.4 is 10.6 Å². The summed E-state index contributed by atoms with van der Waals surface area (Å²) in [6.45, 7) is 5.46. The van der Waals surface area contributed by atoms with Crippen molar-refractivity contribution < 1.29 is 14.3 Å². The molecule has 0 bridgehead atoms. The molecule has 1 aromatic rings. The summed E-state index contributed by atoms with van der Waals surface area (Å²) >= 11 is 0. The Kier molecular flexibility index (Phi) is 5.06. The lowest BCUT2D eigenvalue weighted by atomic mass is 10.0. The molecule has 0 aliphatic carbocycles. The summed E-state index contributed by atoms with van der Waals surface area (Å²) in [7, 11) is 0. The number of benzene rings is 1. The van der Waals surface area contributed by atoms with Gasteiger partial charge < -0.3 is 15.4 Å². The Morgan fingerprint density at radius 3 is 2.77 bits per heavy atom. The highest BCUT2D eigenvalue weighted by Crippen LogP contribution is 2.21. The molecule has 120 valence electrons. The smallest absolute Gasteiger partial charge is 0.407 e. The summed E-state index contributed by atoms with van der Waals surface area (Å²) < 4.78 is 5.26. The number of fused-ring (bicyclic) bond motifs is 1. The number of rotatable bonds is 1. The van der Waals surface area contributed by atoms with Gasteiger partial charge in [0.15, 0.2) is 0 Å². The van der Waals surface area contributed by atoms with Crippen LogP contribution in [0.1, 0.15) is 45.6 Å². The van der Waals surface area contributed by atoms with Crippen molar-refractivity contribution in [2.45, 2.75) is 58.1 Å². The van der Waals surface area contributed by atoms with Crippen molar-refractivity contribution in [2.75, 3.05) is 5.32 Å². The fourth-order valence-electron chi connectivity index (χ4n) is 2.52. The lowest BCUT2D eigenvalue weighted by Crippen LogP contribution is -2.40. The second-order valence-electron chi connectivity index (χ2n) is 6.64. The molecular formula is C17H24N2O3. The Morgan fingerprint density at radius 2 is 2.05 bits per heavy atom. The highest BCUT2D eigenvalue weighted by Gasteiger charge is 2.22. The first kappa shape index (κ1) is 16.3. The van der Waals surface area contributed by atoms with Crippen molar-refractivity contribution in [1.82, 2.24) is 5.32 Å². The molecule has 22 heavy (non-hydrogen) atoms. The van der Waals surface area contributed by atoms with Crippen molar-refractivity contribution in [2.24, 2.45) is 0 Å². The summed E-state index contributed by atoms with van der Waals surface area (Å²) in [6, 6.07) is 7.61. The number of amides is 2. The number of alkyl carbamates (subject to hydrolysis) is 1. The third-order valence-corrected chi connectivity index (χ3v) is 3.44. The Balaban J connectivity index is 1.99. The van der Waals surface area contributed by atoms with Crippen LogP contribution >= 0.6 is 0 Å². The average Bonchev–Trinajstić information content (AvgIpc) is 2.44. The molecular weight excluding hydrogens is 280 g/mol. The second-order valence-corrected chi connectivity index (χ2v) is 6.64. The molecule has 2 amide bonds. The molecule has 0 saturated carbocycles. The molecule has 1 aliphatic heterocycles. The van der Waals surface area contributed by atoms with Crippen molar-refractivity contribution in [3.05, 3.63) is 29.8 Å². The van der Waals surface area contributed by atoms with Gasteiger partial charge in [-0.05, 0) is 51.7 Å². The van der Waals surface area contributed by atoms with Crippen LogP contribution in [0, 0.1) is 0 Å². The van der Waals surface area contributed by atoms with Crippen molar-refractivity contribution in [3.63, 3.8) is 0 Å². The summed E-state index contributed by atoms with van der Waals surface area (Å²) in [5.41, 5.74) is 1.46. The molecule has 0 fully saturated rings. The number of aryl methyl sites for hydroxylation is 1. The predicted molar refractivity (Wildman–Crippen MR) is 85.8 cm³/mol. The van der Waals surface area contributed by atoms with Crippen LogP contribution in [0.3, 0.4) is 0 Å². The highest BCUT2D eigenvalue weighted by atomic mass is 16.6. The van der Waals surface area contributed by atoms with Gasteiger partial charge >= 0.3 is 6.09 Å². The van der Waals surface area contributed by atoms with Gasteiger partial charge in [0.2, 0.25) is 5.91 Å². The average molecular weight is 304 g/mol. The van der Waals surface area contributed by atoms with Gasteiger partial charge in [-0.3, -0.25) is 4.79 Å². The van der Waals surface area contributed by atoms with Gasteiger partial charge in [-0.1, -0.05) is 18.2 Å². The zero-order valence-corrected chi connectivity index (χ0v) is 13.4. The van der Waals surface area contributed by atoms with Crippen LogP contribution in [0.2, 0.25) is 0 Å². The number of nitrogens with one attached hydrogen (secondary N) is 2. The van der Waals surface area contributed by atoms with Gasteiger partial charge in [0, 0.05) is 18.2 Å². The Bertz CT molecular complexity index is 549. The van der Waals surface area contributed by atoms with E-state index in [1.54, 1.807) is 0 Å². The maximum Gasteiger partial charge on any atom is 0.407 e. The normalized spacial score (nSPS) is 19.0. The molecule has 1 aromatic carbocycles. The summed E-state index contributed by atoms with van der Waals surface area (Å²) in [5, 5.41) is 5.73. The molecule has 2 rings (SSSR count). The van der Waals surface area contributed by atoms with Crippen LogP contribution in [0.25, 0.3) is 0 Å². The number of anilines is 1. The molecule has 0 saturated heterocycles. The summed E-state index contributed by atoms with van der Waals surface area (Å²) in [5.74, 6) is -0.0876. The fourth-order valence-corrected chi connectivity index (χ4v) is 2.52. The molecule has 2 N–H and O–H groups in total. The Hall–Kier alpha value is -2.04. The van der Waals surface area contributed by atoms with Crippen LogP contribution in [-0.2, 0) is 16.0 Å². The molecule has 5 nitrogen and oxygen atoms in total. The maximum atomic E-state index is 12.1. The van der Waals surface area contributed by atoms with Crippen LogP contribution in [0.15, 0.2) is 24.3 Å². The molecule has 1 aliphatic rings. The fraction of sp³-hybridized carbons (Fsp3) is 0.529. The zero-order chi connectivity index (χ0) is 16.2. The van der Waals surface area contributed by atoms with Crippen LogP contribution in [0.5, 0.6) is 0 Å². The Labute approximate surface area is 131 Å². The molecule has 0 aromatic heterocycles. The van der Waals surface area contributed by atoms with Crippen molar-refractivity contribution in [1.29, 1.82) is 0 Å². The highest BCUT2D eigenvalue weighted by molar-refractivity contribution is 5.92. The van der Waals surface area contributed by atoms with Gasteiger partial charge in [-0.2, -0.15) is 0 Å². The summed E-state index contributed by atoms with van der Waals surface area (Å²) in [4.78, 5) is 24.0. The first-order valence-corrected chi connectivity index (χ1v) is 7.71. The van der Waals surface area contributed by atoms with E-state index in [4.69, 9.17) is 4.74 Å². The molecule has 1 heterocycles. The maximum absolute atomic E-state index is 12.1. The largest absolute Gasteiger partial charge is 0.444 e. The van der Waals surface area contributed by atoms with Gasteiger partial charge in [0.05, 0.1) is 0 Å². The number of para-hydroxylation sites is 1. The first-order valence-electron chi connectivity index (χ1n) is 7.71. The van der Waals surface area contributed by atoms with Crippen LogP contribution in [-0.4, -0.2) is 23.6 Å². The molecule has 0 unspecified atom stereocenters. The SMILES string of the molecule is CC(C)(C)OC(=O)N[C@H]1CCCc2ccccc2NC(=O)C1. The van der Waals surface area contributed by atoms with E-state index in [9.17, 15) is 9.59 Å². The van der Waals surface area contributed by atoms with Crippen molar-refractivity contribution in [3.8, 4) is 0 Å². The lowest BCUT2D eigenvalue weighted by Gasteiger charge is -2.23. The number of hydrogen-bond acceptors (Lipinski definition) is 3. The van der Waals surface area contributed by atoms with Gasteiger partial charge in [-0.25, -0.2) is 4.79 Å².